The lowest BCUT2D eigenvalue weighted by atomic mass is 10.1. The molecule has 1 rings (SSSR count). The Hall–Kier alpha value is -1.29. The highest BCUT2D eigenvalue weighted by atomic mass is 35.5. The van der Waals surface area contributed by atoms with Gasteiger partial charge in [-0.05, 0) is 25.5 Å². The fourth-order valence-electron chi connectivity index (χ4n) is 2.16. The van der Waals surface area contributed by atoms with Crippen LogP contribution in [0.2, 0.25) is 5.02 Å². The van der Waals surface area contributed by atoms with Crippen molar-refractivity contribution >= 4 is 23.0 Å². The lowest BCUT2D eigenvalue weighted by molar-refractivity contribution is -0.384. The Labute approximate surface area is 125 Å². The molecule has 1 N–H and O–H groups in total. The SMILES string of the molecule is CCCCCCCC(C)Nc1ccc([N+](=O)[O-])c(Cl)c1. The van der Waals surface area contributed by atoms with E-state index in [1.807, 2.05) is 0 Å². The van der Waals surface area contributed by atoms with Crippen LogP contribution in [0.5, 0.6) is 0 Å². The first-order valence-electron chi connectivity index (χ1n) is 7.25. The normalized spacial score (nSPS) is 12.2. The van der Waals surface area contributed by atoms with Crippen molar-refractivity contribution in [2.24, 2.45) is 0 Å². The molecular formula is C15H23ClN2O2. The highest BCUT2D eigenvalue weighted by Gasteiger charge is 2.12. The summed E-state index contributed by atoms with van der Waals surface area (Å²) in [4.78, 5) is 10.2. The van der Waals surface area contributed by atoms with E-state index in [9.17, 15) is 10.1 Å². The summed E-state index contributed by atoms with van der Waals surface area (Å²) in [5.74, 6) is 0. The smallest absolute Gasteiger partial charge is 0.288 e. The minimum Gasteiger partial charge on any atom is -0.383 e. The number of nitrogens with zero attached hydrogens (tertiary/aromatic N) is 1. The predicted octanol–water partition coefficient (Wildman–Crippen LogP) is 5.41. The highest BCUT2D eigenvalue weighted by Crippen LogP contribution is 2.27. The largest absolute Gasteiger partial charge is 0.383 e. The van der Waals surface area contributed by atoms with Crippen LogP contribution in [0.15, 0.2) is 18.2 Å². The number of hydrogen-bond donors (Lipinski definition) is 1. The summed E-state index contributed by atoms with van der Waals surface area (Å²) in [6, 6.07) is 5.11. The zero-order valence-electron chi connectivity index (χ0n) is 12.2. The molecule has 0 spiro atoms. The number of benzene rings is 1. The molecule has 1 atom stereocenters. The average molecular weight is 299 g/mol. The van der Waals surface area contributed by atoms with E-state index in [2.05, 4.69) is 19.2 Å². The molecule has 20 heavy (non-hydrogen) atoms. The van der Waals surface area contributed by atoms with Crippen molar-refractivity contribution in [1.29, 1.82) is 0 Å². The van der Waals surface area contributed by atoms with E-state index in [0.717, 1.165) is 12.1 Å². The third-order valence-corrected chi connectivity index (χ3v) is 3.60. The quantitative estimate of drug-likeness (QED) is 0.377. The van der Waals surface area contributed by atoms with E-state index in [4.69, 9.17) is 11.6 Å². The van der Waals surface area contributed by atoms with Crippen LogP contribution in [0.4, 0.5) is 11.4 Å². The number of nitro groups is 1. The maximum Gasteiger partial charge on any atom is 0.288 e. The van der Waals surface area contributed by atoms with Crippen LogP contribution in [0, 0.1) is 10.1 Å². The summed E-state index contributed by atoms with van der Waals surface area (Å²) in [6.07, 6.45) is 7.43. The van der Waals surface area contributed by atoms with Gasteiger partial charge in [0.15, 0.2) is 0 Å². The number of rotatable bonds is 9. The summed E-state index contributed by atoms with van der Waals surface area (Å²) < 4.78 is 0. The summed E-state index contributed by atoms with van der Waals surface area (Å²) in [5, 5.41) is 14.2. The number of unbranched alkanes of at least 4 members (excludes halogenated alkanes) is 4. The Morgan fingerprint density at radius 1 is 1.30 bits per heavy atom. The molecule has 0 aliphatic rings. The van der Waals surface area contributed by atoms with E-state index in [-0.39, 0.29) is 10.7 Å². The fraction of sp³-hybridized carbons (Fsp3) is 0.600. The Bertz CT molecular complexity index is 438. The number of hydrogen-bond acceptors (Lipinski definition) is 3. The van der Waals surface area contributed by atoms with Crippen molar-refractivity contribution in [3.8, 4) is 0 Å². The van der Waals surface area contributed by atoms with Crippen molar-refractivity contribution in [3.63, 3.8) is 0 Å². The van der Waals surface area contributed by atoms with E-state index in [1.54, 1.807) is 12.1 Å². The molecule has 0 heterocycles. The minimum absolute atomic E-state index is 0.0514. The minimum atomic E-state index is -0.469. The molecule has 1 aromatic rings. The lowest BCUT2D eigenvalue weighted by Gasteiger charge is -2.15. The molecule has 112 valence electrons. The lowest BCUT2D eigenvalue weighted by Crippen LogP contribution is -2.14. The van der Waals surface area contributed by atoms with Crippen molar-refractivity contribution in [2.75, 3.05) is 5.32 Å². The molecule has 0 bridgehead atoms. The molecule has 0 aliphatic carbocycles. The van der Waals surface area contributed by atoms with E-state index < -0.39 is 4.92 Å². The zero-order valence-corrected chi connectivity index (χ0v) is 12.9. The Balaban J connectivity index is 2.40. The first kappa shape index (κ1) is 16.8. The second-order valence-corrected chi connectivity index (χ2v) is 5.58. The summed E-state index contributed by atoms with van der Waals surface area (Å²) in [6.45, 7) is 4.33. The van der Waals surface area contributed by atoms with Crippen molar-refractivity contribution < 1.29 is 4.92 Å². The van der Waals surface area contributed by atoms with Gasteiger partial charge in [0.25, 0.3) is 5.69 Å². The van der Waals surface area contributed by atoms with Gasteiger partial charge < -0.3 is 5.32 Å². The van der Waals surface area contributed by atoms with Crippen LogP contribution in [-0.4, -0.2) is 11.0 Å². The number of halogens is 1. The number of anilines is 1. The Morgan fingerprint density at radius 3 is 2.60 bits per heavy atom. The van der Waals surface area contributed by atoms with Crippen molar-refractivity contribution in [3.05, 3.63) is 33.3 Å². The topological polar surface area (TPSA) is 55.2 Å². The van der Waals surface area contributed by atoms with E-state index >= 15 is 0 Å². The van der Waals surface area contributed by atoms with Gasteiger partial charge >= 0.3 is 0 Å². The molecule has 0 saturated carbocycles. The monoisotopic (exact) mass is 298 g/mol. The van der Waals surface area contributed by atoms with Crippen LogP contribution in [-0.2, 0) is 0 Å². The first-order chi connectivity index (χ1) is 9.54. The molecule has 0 fully saturated rings. The number of nitrogens with one attached hydrogen (secondary N) is 1. The van der Waals surface area contributed by atoms with Gasteiger partial charge in [0.1, 0.15) is 5.02 Å². The maximum absolute atomic E-state index is 10.7. The van der Waals surface area contributed by atoms with Crippen LogP contribution in [0.3, 0.4) is 0 Å². The zero-order chi connectivity index (χ0) is 15.0. The molecule has 0 saturated heterocycles. The predicted molar refractivity (Wildman–Crippen MR) is 84.6 cm³/mol. The fourth-order valence-corrected chi connectivity index (χ4v) is 2.41. The molecule has 4 nitrogen and oxygen atoms in total. The van der Waals surface area contributed by atoms with E-state index in [1.165, 1.54) is 38.2 Å². The van der Waals surface area contributed by atoms with Gasteiger partial charge in [-0.25, -0.2) is 0 Å². The molecular weight excluding hydrogens is 276 g/mol. The van der Waals surface area contributed by atoms with Gasteiger partial charge in [0.05, 0.1) is 4.92 Å². The van der Waals surface area contributed by atoms with Crippen molar-refractivity contribution in [2.45, 2.75) is 58.4 Å². The molecule has 0 radical (unpaired) electrons. The van der Waals surface area contributed by atoms with Gasteiger partial charge in [-0.2, -0.15) is 0 Å². The van der Waals surface area contributed by atoms with Crippen LogP contribution >= 0.6 is 11.6 Å². The van der Waals surface area contributed by atoms with Gasteiger partial charge in [-0.3, -0.25) is 10.1 Å². The van der Waals surface area contributed by atoms with Gasteiger partial charge in [-0.1, -0.05) is 50.6 Å². The van der Waals surface area contributed by atoms with E-state index in [0.29, 0.717) is 6.04 Å². The third-order valence-electron chi connectivity index (χ3n) is 3.30. The summed E-state index contributed by atoms with van der Waals surface area (Å²) in [7, 11) is 0. The number of nitro benzene ring substituents is 1. The molecule has 0 amide bonds. The van der Waals surface area contributed by atoms with Crippen molar-refractivity contribution in [1.82, 2.24) is 0 Å². The summed E-state index contributed by atoms with van der Waals surface area (Å²) >= 11 is 5.89. The third kappa shape index (κ3) is 5.78. The Kier molecular flexibility index (Phi) is 7.37. The standard InChI is InChI=1S/C15H23ClN2O2/c1-3-4-5-6-7-8-12(2)17-13-9-10-15(18(19)20)14(16)11-13/h9-12,17H,3-8H2,1-2H3. The van der Waals surface area contributed by atoms with Gasteiger partial charge in [-0.15, -0.1) is 0 Å². The molecule has 1 unspecified atom stereocenters. The Morgan fingerprint density at radius 2 is 2.00 bits per heavy atom. The molecule has 1 aromatic carbocycles. The second-order valence-electron chi connectivity index (χ2n) is 5.17. The molecule has 5 heteroatoms. The van der Waals surface area contributed by atoms with Crippen LogP contribution < -0.4 is 5.32 Å². The summed E-state index contributed by atoms with van der Waals surface area (Å²) in [5.41, 5.74) is 0.783. The van der Waals surface area contributed by atoms with Crippen LogP contribution in [0.25, 0.3) is 0 Å². The van der Waals surface area contributed by atoms with Gasteiger partial charge in [0.2, 0.25) is 0 Å². The maximum atomic E-state index is 10.7. The first-order valence-corrected chi connectivity index (χ1v) is 7.63. The second kappa shape index (κ2) is 8.80. The van der Waals surface area contributed by atoms with Gasteiger partial charge in [0, 0.05) is 17.8 Å². The average Bonchev–Trinajstić information content (AvgIpc) is 2.38. The molecule has 0 aliphatic heterocycles. The highest BCUT2D eigenvalue weighted by molar-refractivity contribution is 6.32. The molecule has 0 aromatic heterocycles. The van der Waals surface area contributed by atoms with Crippen LogP contribution in [0.1, 0.15) is 52.4 Å².